The molecule has 0 amide bonds. The van der Waals surface area contributed by atoms with Crippen molar-refractivity contribution in [2.75, 3.05) is 10.5 Å². The third-order valence-corrected chi connectivity index (χ3v) is 5.52. The van der Waals surface area contributed by atoms with E-state index >= 15 is 0 Å². The van der Waals surface area contributed by atoms with Gasteiger partial charge < -0.3 is 0 Å². The van der Waals surface area contributed by atoms with Gasteiger partial charge in [-0.25, -0.2) is 21.9 Å². The van der Waals surface area contributed by atoms with Crippen molar-refractivity contribution in [2.45, 2.75) is 20.3 Å². The van der Waals surface area contributed by atoms with Crippen molar-refractivity contribution in [3.05, 3.63) is 41.9 Å². The van der Waals surface area contributed by atoms with Crippen LogP contribution in [0.2, 0.25) is 0 Å². The molecular formula is C16H18F2N6O2S. The fraction of sp³-hybridized carbons (Fsp3) is 0.312. The summed E-state index contributed by atoms with van der Waals surface area (Å²) in [5.74, 6) is -2.15. The minimum Gasteiger partial charge on any atom is -0.280 e. The molecule has 0 bridgehead atoms. The minimum absolute atomic E-state index is 0.174. The number of hydrogen-bond acceptors (Lipinski definition) is 5. The van der Waals surface area contributed by atoms with E-state index in [1.807, 2.05) is 6.92 Å². The largest absolute Gasteiger partial charge is 0.280 e. The lowest BCUT2D eigenvalue weighted by Crippen LogP contribution is -2.18. The third-order valence-electron chi connectivity index (χ3n) is 4.04. The van der Waals surface area contributed by atoms with Crippen molar-refractivity contribution in [1.82, 2.24) is 24.8 Å². The van der Waals surface area contributed by atoms with Gasteiger partial charge in [0.2, 0.25) is 10.0 Å². The highest BCUT2D eigenvalue weighted by molar-refractivity contribution is 7.92. The van der Waals surface area contributed by atoms with Gasteiger partial charge in [-0.2, -0.15) is 5.10 Å². The lowest BCUT2D eigenvalue weighted by molar-refractivity contribution is 0.558. The minimum atomic E-state index is -3.73. The predicted molar refractivity (Wildman–Crippen MR) is 95.9 cm³/mol. The molecule has 8 nitrogen and oxygen atoms in total. The van der Waals surface area contributed by atoms with Crippen molar-refractivity contribution < 1.29 is 17.2 Å². The average Bonchev–Trinajstić information content (AvgIpc) is 3.18. The Kier molecular flexibility index (Phi) is 4.96. The second-order valence-corrected chi connectivity index (χ2v) is 7.84. The van der Waals surface area contributed by atoms with Crippen LogP contribution in [0.4, 0.5) is 14.5 Å². The average molecular weight is 396 g/mol. The van der Waals surface area contributed by atoms with Crippen LogP contribution in [0.15, 0.2) is 24.5 Å². The maximum atomic E-state index is 14.8. The van der Waals surface area contributed by atoms with E-state index in [0.29, 0.717) is 17.7 Å². The van der Waals surface area contributed by atoms with Gasteiger partial charge in [0.05, 0.1) is 23.8 Å². The van der Waals surface area contributed by atoms with E-state index in [1.165, 1.54) is 6.20 Å². The van der Waals surface area contributed by atoms with E-state index in [4.69, 9.17) is 0 Å². The van der Waals surface area contributed by atoms with Gasteiger partial charge in [0.1, 0.15) is 11.4 Å². The first-order valence-electron chi connectivity index (χ1n) is 8.13. The van der Waals surface area contributed by atoms with Crippen LogP contribution in [0.1, 0.15) is 19.0 Å². The number of aromatic nitrogens is 5. The van der Waals surface area contributed by atoms with Crippen molar-refractivity contribution >= 4 is 15.7 Å². The van der Waals surface area contributed by atoms with Crippen LogP contribution < -0.4 is 4.72 Å². The maximum Gasteiger partial charge on any atom is 0.232 e. The fourth-order valence-corrected chi connectivity index (χ4v) is 3.70. The maximum absolute atomic E-state index is 14.8. The summed E-state index contributed by atoms with van der Waals surface area (Å²) >= 11 is 0. The molecule has 144 valence electrons. The highest BCUT2D eigenvalue weighted by atomic mass is 32.2. The Balaban J connectivity index is 2.02. The van der Waals surface area contributed by atoms with Gasteiger partial charge in [-0.3, -0.25) is 9.40 Å². The van der Waals surface area contributed by atoms with E-state index in [-0.39, 0.29) is 11.4 Å². The third kappa shape index (κ3) is 3.68. The Labute approximate surface area is 154 Å². The molecule has 3 aromatic rings. The molecule has 1 aromatic carbocycles. The van der Waals surface area contributed by atoms with Crippen LogP contribution in [-0.4, -0.2) is 38.9 Å². The monoisotopic (exact) mass is 396 g/mol. The molecule has 0 radical (unpaired) electrons. The zero-order valence-electron chi connectivity index (χ0n) is 14.9. The molecule has 3 rings (SSSR count). The van der Waals surface area contributed by atoms with Crippen LogP contribution in [0.25, 0.3) is 16.9 Å². The van der Waals surface area contributed by atoms with E-state index in [2.05, 4.69) is 20.1 Å². The molecule has 0 atom stereocenters. The number of halogens is 2. The Hall–Kier alpha value is -2.82. The SMILES string of the molecule is CCCS(=O)(=O)Nc1ccc(F)c(-n2cc(-c3cnn(C)c3C)nn2)c1F. The summed E-state index contributed by atoms with van der Waals surface area (Å²) in [6.45, 7) is 3.51. The quantitative estimate of drug-likeness (QED) is 0.690. The molecule has 0 spiro atoms. The molecule has 0 saturated carbocycles. The summed E-state index contributed by atoms with van der Waals surface area (Å²) in [7, 11) is -1.97. The zero-order chi connectivity index (χ0) is 19.8. The summed E-state index contributed by atoms with van der Waals surface area (Å²) in [5.41, 5.74) is 0.992. The van der Waals surface area contributed by atoms with Crippen LogP contribution in [0.5, 0.6) is 0 Å². The first-order valence-corrected chi connectivity index (χ1v) is 9.79. The number of nitrogens with one attached hydrogen (secondary N) is 1. The number of anilines is 1. The molecule has 2 aromatic heterocycles. The van der Waals surface area contributed by atoms with Gasteiger partial charge in [0.15, 0.2) is 11.6 Å². The smallest absolute Gasteiger partial charge is 0.232 e. The molecule has 0 aliphatic heterocycles. The van der Waals surface area contributed by atoms with Crippen LogP contribution >= 0.6 is 0 Å². The lowest BCUT2D eigenvalue weighted by atomic mass is 10.2. The van der Waals surface area contributed by atoms with Crippen molar-refractivity contribution in [3.8, 4) is 16.9 Å². The van der Waals surface area contributed by atoms with Gasteiger partial charge in [-0.1, -0.05) is 12.1 Å². The van der Waals surface area contributed by atoms with Crippen LogP contribution in [-0.2, 0) is 17.1 Å². The topological polar surface area (TPSA) is 94.7 Å². The van der Waals surface area contributed by atoms with E-state index in [0.717, 1.165) is 22.5 Å². The number of rotatable bonds is 6. The lowest BCUT2D eigenvalue weighted by Gasteiger charge is -2.11. The standard InChI is InChI=1S/C16H18F2N6O2S/c1-4-7-27(25,26)21-13-6-5-12(17)16(15(13)18)24-9-14(20-22-24)11-8-19-23(3)10(11)2/h5-6,8-9,21H,4,7H2,1-3H3. The van der Waals surface area contributed by atoms with Crippen molar-refractivity contribution in [2.24, 2.45) is 7.05 Å². The Morgan fingerprint density at radius 3 is 2.63 bits per heavy atom. The summed E-state index contributed by atoms with van der Waals surface area (Å²) in [4.78, 5) is 0. The highest BCUT2D eigenvalue weighted by Gasteiger charge is 2.21. The number of nitrogens with zero attached hydrogens (tertiary/aromatic N) is 5. The van der Waals surface area contributed by atoms with Gasteiger partial charge in [0.25, 0.3) is 0 Å². The molecule has 0 saturated heterocycles. The summed E-state index contributed by atoms with van der Waals surface area (Å²) < 4.78 is 57.6. The highest BCUT2D eigenvalue weighted by Crippen LogP contribution is 2.27. The van der Waals surface area contributed by atoms with Gasteiger partial charge in [-0.15, -0.1) is 5.10 Å². The Morgan fingerprint density at radius 2 is 2.00 bits per heavy atom. The van der Waals surface area contributed by atoms with Crippen LogP contribution in [0, 0.1) is 18.6 Å². The van der Waals surface area contributed by atoms with E-state index in [9.17, 15) is 17.2 Å². The zero-order valence-corrected chi connectivity index (χ0v) is 15.8. The number of hydrogen-bond donors (Lipinski definition) is 1. The fourth-order valence-electron chi connectivity index (χ4n) is 2.56. The molecule has 2 heterocycles. The number of sulfonamides is 1. The van der Waals surface area contributed by atoms with Gasteiger partial charge in [-0.05, 0) is 25.5 Å². The molecule has 11 heteroatoms. The van der Waals surface area contributed by atoms with Gasteiger partial charge in [0, 0.05) is 18.3 Å². The first-order chi connectivity index (χ1) is 12.7. The van der Waals surface area contributed by atoms with E-state index in [1.54, 1.807) is 24.9 Å². The summed E-state index contributed by atoms with van der Waals surface area (Å²) in [6, 6.07) is 2.00. The summed E-state index contributed by atoms with van der Waals surface area (Å²) in [5, 5.41) is 11.8. The number of benzene rings is 1. The molecule has 1 N–H and O–H groups in total. The van der Waals surface area contributed by atoms with Crippen molar-refractivity contribution in [3.63, 3.8) is 0 Å². The number of aryl methyl sites for hydroxylation is 1. The molecular weight excluding hydrogens is 378 g/mol. The van der Waals surface area contributed by atoms with Crippen molar-refractivity contribution in [1.29, 1.82) is 0 Å². The first kappa shape index (κ1) is 19.0. The molecule has 0 aliphatic carbocycles. The molecule has 27 heavy (non-hydrogen) atoms. The Bertz CT molecular complexity index is 1090. The van der Waals surface area contributed by atoms with Gasteiger partial charge >= 0.3 is 0 Å². The molecule has 0 aliphatic rings. The predicted octanol–water partition coefficient (Wildman–Crippen LogP) is 2.41. The van der Waals surface area contributed by atoms with E-state index < -0.39 is 27.3 Å². The molecule has 0 unspecified atom stereocenters. The normalized spacial score (nSPS) is 11.7. The van der Waals surface area contributed by atoms with Crippen LogP contribution in [0.3, 0.4) is 0 Å². The summed E-state index contributed by atoms with van der Waals surface area (Å²) in [6.07, 6.45) is 3.30. The second-order valence-electron chi connectivity index (χ2n) is 5.99. The molecule has 0 fully saturated rings. The second kappa shape index (κ2) is 7.06. The Morgan fingerprint density at radius 1 is 1.26 bits per heavy atom.